The van der Waals surface area contributed by atoms with Crippen LogP contribution in [-0.2, 0) is 17.9 Å². The molecule has 32 heavy (non-hydrogen) atoms. The number of piperidine rings is 1. The fraction of sp³-hybridized carbons (Fsp3) is 0.458. The Kier molecular flexibility index (Phi) is 8.51. The highest BCUT2D eigenvalue weighted by Gasteiger charge is 2.29. The second-order valence-electron chi connectivity index (χ2n) is 8.00. The van der Waals surface area contributed by atoms with Crippen molar-refractivity contribution in [2.24, 2.45) is 5.92 Å². The minimum Gasteiger partial charge on any atom is -0.493 e. The molecular weight excluding hydrogens is 451 g/mol. The highest BCUT2D eigenvalue weighted by molar-refractivity contribution is 6.35. The third-order valence-electron chi connectivity index (χ3n) is 5.82. The number of nitrogens with zero attached hydrogens (tertiary/aromatic N) is 2. The lowest BCUT2D eigenvalue weighted by Crippen LogP contribution is -2.43. The number of benzene rings is 2. The molecule has 1 heterocycles. The molecule has 6 nitrogen and oxygen atoms in total. The van der Waals surface area contributed by atoms with Crippen LogP contribution < -0.4 is 14.2 Å². The Bertz CT molecular complexity index is 908. The van der Waals surface area contributed by atoms with E-state index in [4.69, 9.17) is 37.4 Å². The van der Waals surface area contributed by atoms with Crippen LogP contribution >= 0.6 is 23.2 Å². The number of halogens is 2. The van der Waals surface area contributed by atoms with Crippen molar-refractivity contribution in [3.05, 3.63) is 51.5 Å². The number of ether oxygens (including phenoxy) is 3. The molecule has 8 heteroatoms. The first-order valence-corrected chi connectivity index (χ1v) is 11.3. The molecule has 2 aromatic rings. The average molecular weight is 481 g/mol. The van der Waals surface area contributed by atoms with E-state index in [1.165, 1.54) is 0 Å². The van der Waals surface area contributed by atoms with Gasteiger partial charge >= 0.3 is 0 Å². The van der Waals surface area contributed by atoms with Crippen LogP contribution in [-0.4, -0.2) is 57.2 Å². The van der Waals surface area contributed by atoms with E-state index >= 15 is 0 Å². The topological polar surface area (TPSA) is 51.2 Å². The van der Waals surface area contributed by atoms with E-state index in [0.29, 0.717) is 46.9 Å². The summed E-state index contributed by atoms with van der Waals surface area (Å²) in [6.07, 6.45) is 1.82. The van der Waals surface area contributed by atoms with Crippen LogP contribution in [0.25, 0.3) is 0 Å². The fourth-order valence-electron chi connectivity index (χ4n) is 4.20. The first-order valence-electron chi connectivity index (χ1n) is 10.6. The van der Waals surface area contributed by atoms with Crippen LogP contribution in [0.2, 0.25) is 10.0 Å². The Labute approximate surface area is 199 Å². The third kappa shape index (κ3) is 5.61. The molecular formula is C24H30Cl2N2O4. The lowest BCUT2D eigenvalue weighted by molar-refractivity contribution is -0.136. The predicted octanol–water partition coefficient (Wildman–Crippen LogP) is 4.89. The fourth-order valence-corrected chi connectivity index (χ4v) is 4.71. The van der Waals surface area contributed by atoms with Gasteiger partial charge in [-0.3, -0.25) is 9.69 Å². The molecule has 3 rings (SSSR count). The second kappa shape index (κ2) is 11.1. The van der Waals surface area contributed by atoms with Crippen molar-refractivity contribution in [3.63, 3.8) is 0 Å². The molecule has 1 aliphatic rings. The Morgan fingerprint density at radius 1 is 1.09 bits per heavy atom. The van der Waals surface area contributed by atoms with E-state index in [1.54, 1.807) is 26.2 Å². The van der Waals surface area contributed by atoms with Crippen molar-refractivity contribution in [1.82, 2.24) is 9.80 Å². The maximum atomic E-state index is 13.2. The number of methoxy groups -OCH3 is 3. The summed E-state index contributed by atoms with van der Waals surface area (Å²) >= 11 is 12.7. The van der Waals surface area contributed by atoms with Crippen LogP contribution in [0.5, 0.6) is 17.2 Å². The average Bonchev–Trinajstić information content (AvgIpc) is 2.80. The zero-order valence-electron chi connectivity index (χ0n) is 19.0. The Hall–Kier alpha value is -2.15. The van der Waals surface area contributed by atoms with Crippen LogP contribution in [0.15, 0.2) is 30.3 Å². The quantitative estimate of drug-likeness (QED) is 0.538. The molecule has 174 valence electrons. The van der Waals surface area contributed by atoms with Crippen LogP contribution in [0, 0.1) is 5.92 Å². The molecule has 1 aliphatic heterocycles. The molecule has 1 amide bonds. The smallest absolute Gasteiger partial charge is 0.227 e. The SMILES string of the molecule is COc1cc(CN(C)C(=O)[C@@H]2CCCN(Cc3c(Cl)cccc3Cl)C2)cc(OC)c1OC. The standard InChI is InChI=1S/C24H30Cl2N2O4/c1-27(13-16-11-21(30-2)23(32-4)22(12-16)31-3)24(29)17-7-6-10-28(14-17)15-18-19(25)8-5-9-20(18)26/h5,8-9,11-12,17H,6-7,10,13-15H2,1-4H3/t17-/m1/s1. The van der Waals surface area contributed by atoms with Gasteiger partial charge in [0.15, 0.2) is 11.5 Å². The van der Waals surface area contributed by atoms with Gasteiger partial charge in [-0.25, -0.2) is 0 Å². The van der Waals surface area contributed by atoms with Crippen molar-refractivity contribution < 1.29 is 19.0 Å². The van der Waals surface area contributed by atoms with Gasteiger partial charge in [-0.2, -0.15) is 0 Å². The first-order chi connectivity index (χ1) is 15.4. The summed E-state index contributed by atoms with van der Waals surface area (Å²) < 4.78 is 16.2. The summed E-state index contributed by atoms with van der Waals surface area (Å²) in [6.45, 7) is 2.68. The molecule has 1 atom stereocenters. The summed E-state index contributed by atoms with van der Waals surface area (Å²) in [5, 5.41) is 1.32. The van der Waals surface area contributed by atoms with Gasteiger partial charge in [-0.15, -0.1) is 0 Å². The molecule has 0 aliphatic carbocycles. The van der Waals surface area contributed by atoms with E-state index in [2.05, 4.69) is 4.90 Å². The number of hydrogen-bond donors (Lipinski definition) is 0. The van der Waals surface area contributed by atoms with Gasteiger partial charge in [0.25, 0.3) is 0 Å². The van der Waals surface area contributed by atoms with E-state index in [-0.39, 0.29) is 11.8 Å². The summed E-state index contributed by atoms with van der Waals surface area (Å²) in [4.78, 5) is 17.2. The number of rotatable bonds is 8. The molecule has 0 N–H and O–H groups in total. The number of carbonyl (C=O) groups excluding carboxylic acids is 1. The minimum absolute atomic E-state index is 0.0722. The molecule has 0 aromatic heterocycles. The Balaban J connectivity index is 1.68. The monoisotopic (exact) mass is 480 g/mol. The zero-order valence-corrected chi connectivity index (χ0v) is 20.5. The second-order valence-corrected chi connectivity index (χ2v) is 8.82. The van der Waals surface area contributed by atoms with Gasteiger partial charge in [-0.05, 0) is 49.2 Å². The van der Waals surface area contributed by atoms with Crippen molar-refractivity contribution in [1.29, 1.82) is 0 Å². The molecule has 0 saturated carbocycles. The van der Waals surface area contributed by atoms with Gasteiger partial charge in [0.2, 0.25) is 11.7 Å². The third-order valence-corrected chi connectivity index (χ3v) is 6.53. The number of amides is 1. The molecule has 1 fully saturated rings. The maximum Gasteiger partial charge on any atom is 0.227 e. The molecule has 0 radical (unpaired) electrons. The lowest BCUT2D eigenvalue weighted by Gasteiger charge is -2.34. The Morgan fingerprint density at radius 2 is 1.72 bits per heavy atom. The van der Waals surface area contributed by atoms with Crippen LogP contribution in [0.3, 0.4) is 0 Å². The van der Waals surface area contributed by atoms with Gasteiger partial charge < -0.3 is 19.1 Å². The van der Waals surface area contributed by atoms with E-state index < -0.39 is 0 Å². The molecule has 0 unspecified atom stereocenters. The van der Waals surface area contributed by atoms with Gasteiger partial charge in [0, 0.05) is 42.3 Å². The maximum absolute atomic E-state index is 13.2. The van der Waals surface area contributed by atoms with Crippen molar-refractivity contribution in [2.45, 2.75) is 25.9 Å². The van der Waals surface area contributed by atoms with Crippen molar-refractivity contribution in [2.75, 3.05) is 41.5 Å². The number of carbonyl (C=O) groups is 1. The summed E-state index contributed by atoms with van der Waals surface area (Å²) in [5.41, 5.74) is 1.82. The van der Waals surface area contributed by atoms with E-state index in [1.807, 2.05) is 37.4 Å². The van der Waals surface area contributed by atoms with Gasteiger partial charge in [0.05, 0.1) is 27.2 Å². The molecule has 0 bridgehead atoms. The molecule has 1 saturated heterocycles. The molecule has 0 spiro atoms. The summed E-state index contributed by atoms with van der Waals surface area (Å²) in [7, 11) is 6.56. The van der Waals surface area contributed by atoms with E-state index in [9.17, 15) is 4.79 Å². The Morgan fingerprint density at radius 3 is 2.28 bits per heavy atom. The first kappa shape index (κ1) is 24.5. The van der Waals surface area contributed by atoms with Gasteiger partial charge in [-0.1, -0.05) is 29.3 Å². The number of hydrogen-bond acceptors (Lipinski definition) is 5. The normalized spacial score (nSPS) is 16.5. The predicted molar refractivity (Wildman–Crippen MR) is 127 cm³/mol. The minimum atomic E-state index is -0.0722. The summed E-state index contributed by atoms with van der Waals surface area (Å²) in [5.74, 6) is 1.73. The highest BCUT2D eigenvalue weighted by Crippen LogP contribution is 2.38. The lowest BCUT2D eigenvalue weighted by atomic mass is 9.96. The van der Waals surface area contributed by atoms with Crippen LogP contribution in [0.1, 0.15) is 24.0 Å². The van der Waals surface area contributed by atoms with E-state index in [0.717, 1.165) is 30.5 Å². The van der Waals surface area contributed by atoms with Gasteiger partial charge in [0.1, 0.15) is 0 Å². The van der Waals surface area contributed by atoms with Crippen molar-refractivity contribution >= 4 is 29.1 Å². The van der Waals surface area contributed by atoms with Crippen LogP contribution in [0.4, 0.5) is 0 Å². The van der Waals surface area contributed by atoms with Crippen molar-refractivity contribution in [3.8, 4) is 17.2 Å². The largest absolute Gasteiger partial charge is 0.493 e. The highest BCUT2D eigenvalue weighted by atomic mass is 35.5. The number of likely N-dealkylation sites (tertiary alicyclic amines) is 1. The zero-order chi connectivity index (χ0) is 23.3. The summed E-state index contributed by atoms with van der Waals surface area (Å²) in [6, 6.07) is 9.28. The molecule has 2 aromatic carbocycles.